The first kappa shape index (κ1) is 26.8. The fourth-order valence-corrected chi connectivity index (χ4v) is 4.01. The molecule has 1 aromatic carbocycles. The van der Waals surface area contributed by atoms with Crippen LogP contribution in [0.15, 0.2) is 12.1 Å². The Kier molecular flexibility index (Phi) is 8.29. The third-order valence-electron chi connectivity index (χ3n) is 5.44. The zero-order valence-electron chi connectivity index (χ0n) is 18.9. The summed E-state index contributed by atoms with van der Waals surface area (Å²) in [6.45, 7) is 4.78. The SMILES string of the molecule is C[C@@H]1[C@H](c2c(F)ccc(F)c2F)CC(CCCNC(=O)OC(C)(C)C)C(=O)N1CC(F)(F)F. The summed E-state index contributed by atoms with van der Waals surface area (Å²) in [6.07, 6.45) is -5.30. The van der Waals surface area contributed by atoms with Gasteiger partial charge < -0.3 is 15.0 Å². The van der Waals surface area contributed by atoms with Gasteiger partial charge in [0.05, 0.1) is 0 Å². The molecule has 0 aliphatic carbocycles. The largest absolute Gasteiger partial charge is 0.444 e. The van der Waals surface area contributed by atoms with Gasteiger partial charge in [-0.2, -0.15) is 13.2 Å². The number of alkyl carbamates (subject to hydrolysis) is 1. The standard InChI is InChI=1S/C22H28F6N2O3/c1-12-14(17-15(23)7-8-16(24)18(17)25)10-13(19(31)30(12)11-22(26,27)28)6-5-9-29-20(32)33-21(2,3)4/h7-8,12-14H,5-6,9-11H2,1-4H3,(H,29,32)/t12-,13?,14-/m1/s1. The lowest BCUT2D eigenvalue weighted by molar-refractivity contribution is -0.173. The minimum absolute atomic E-state index is 0.0603. The molecule has 2 rings (SSSR count). The van der Waals surface area contributed by atoms with Crippen LogP contribution < -0.4 is 5.32 Å². The first-order chi connectivity index (χ1) is 15.1. The van der Waals surface area contributed by atoms with Gasteiger partial charge in [-0.1, -0.05) is 0 Å². The van der Waals surface area contributed by atoms with Crippen molar-refractivity contribution >= 4 is 12.0 Å². The number of likely N-dealkylation sites (tertiary alicyclic amines) is 1. The summed E-state index contributed by atoms with van der Waals surface area (Å²) in [4.78, 5) is 25.1. The van der Waals surface area contributed by atoms with E-state index in [1.807, 2.05) is 0 Å². The van der Waals surface area contributed by atoms with Gasteiger partial charge in [0.15, 0.2) is 11.6 Å². The molecule has 0 bridgehead atoms. The van der Waals surface area contributed by atoms with Crippen molar-refractivity contribution in [1.82, 2.24) is 10.2 Å². The summed E-state index contributed by atoms with van der Waals surface area (Å²) in [6, 6.07) is 0.103. The van der Waals surface area contributed by atoms with E-state index in [9.17, 15) is 35.9 Å². The molecule has 1 aromatic rings. The van der Waals surface area contributed by atoms with Crippen LogP contribution in [-0.4, -0.2) is 47.8 Å². The van der Waals surface area contributed by atoms with E-state index < -0.39 is 71.2 Å². The average Bonchev–Trinajstić information content (AvgIpc) is 2.66. The third kappa shape index (κ3) is 7.26. The maximum absolute atomic E-state index is 14.4. The van der Waals surface area contributed by atoms with Crippen LogP contribution in [0, 0.1) is 23.4 Å². The van der Waals surface area contributed by atoms with Crippen molar-refractivity contribution in [3.8, 4) is 0 Å². The Morgan fingerprint density at radius 1 is 1.15 bits per heavy atom. The normalized spacial score (nSPS) is 21.8. The molecule has 1 saturated heterocycles. The van der Waals surface area contributed by atoms with Gasteiger partial charge in [0.2, 0.25) is 5.91 Å². The number of alkyl halides is 3. The van der Waals surface area contributed by atoms with Crippen molar-refractivity contribution < 1.29 is 40.7 Å². The topological polar surface area (TPSA) is 58.6 Å². The van der Waals surface area contributed by atoms with Gasteiger partial charge in [-0.3, -0.25) is 4.79 Å². The number of piperidine rings is 1. The number of halogens is 6. The molecule has 1 N–H and O–H groups in total. The fourth-order valence-electron chi connectivity index (χ4n) is 4.01. The Balaban J connectivity index is 2.20. The predicted molar refractivity (Wildman–Crippen MR) is 108 cm³/mol. The molecule has 1 aliphatic rings. The van der Waals surface area contributed by atoms with E-state index >= 15 is 0 Å². The summed E-state index contributed by atoms with van der Waals surface area (Å²) in [7, 11) is 0. The van der Waals surface area contributed by atoms with E-state index in [4.69, 9.17) is 4.74 Å². The second-order valence-electron chi connectivity index (χ2n) is 9.19. The summed E-state index contributed by atoms with van der Waals surface area (Å²) in [5.74, 6) is -6.85. The van der Waals surface area contributed by atoms with Gasteiger partial charge >= 0.3 is 12.3 Å². The Bertz CT molecular complexity index is 869. The number of ether oxygens (including phenoxy) is 1. The number of nitrogens with zero attached hydrogens (tertiary/aromatic N) is 1. The number of carbonyl (C=O) groups is 2. The monoisotopic (exact) mass is 482 g/mol. The number of amides is 2. The molecule has 1 fully saturated rings. The van der Waals surface area contributed by atoms with Crippen molar-refractivity contribution in [1.29, 1.82) is 0 Å². The Hall–Kier alpha value is -2.46. The molecule has 3 atom stereocenters. The van der Waals surface area contributed by atoms with Crippen LogP contribution in [0.4, 0.5) is 31.1 Å². The minimum Gasteiger partial charge on any atom is -0.444 e. The molecular formula is C22H28F6N2O3. The van der Waals surface area contributed by atoms with E-state index in [1.54, 1.807) is 20.8 Å². The van der Waals surface area contributed by atoms with Crippen molar-refractivity contribution in [2.24, 2.45) is 5.92 Å². The van der Waals surface area contributed by atoms with Crippen molar-refractivity contribution in [3.05, 3.63) is 35.1 Å². The van der Waals surface area contributed by atoms with Crippen LogP contribution in [0.3, 0.4) is 0 Å². The molecule has 0 radical (unpaired) electrons. The highest BCUT2D eigenvalue weighted by molar-refractivity contribution is 5.80. The molecular weight excluding hydrogens is 454 g/mol. The van der Waals surface area contributed by atoms with Crippen LogP contribution in [0.2, 0.25) is 0 Å². The van der Waals surface area contributed by atoms with Crippen LogP contribution in [0.1, 0.15) is 58.4 Å². The first-order valence-corrected chi connectivity index (χ1v) is 10.6. The molecule has 2 amide bonds. The Morgan fingerprint density at radius 3 is 2.33 bits per heavy atom. The quantitative estimate of drug-likeness (QED) is 0.341. The van der Waals surface area contributed by atoms with E-state index in [0.29, 0.717) is 17.0 Å². The molecule has 1 heterocycles. The Morgan fingerprint density at radius 2 is 1.76 bits per heavy atom. The van der Waals surface area contributed by atoms with Gasteiger partial charge in [0.1, 0.15) is 18.0 Å². The number of carbonyl (C=O) groups excluding carboxylic acids is 2. The van der Waals surface area contributed by atoms with Gasteiger partial charge in [-0.05, 0) is 59.1 Å². The third-order valence-corrected chi connectivity index (χ3v) is 5.44. The van der Waals surface area contributed by atoms with Gasteiger partial charge in [-0.25, -0.2) is 18.0 Å². The number of hydrogen-bond donors (Lipinski definition) is 1. The van der Waals surface area contributed by atoms with E-state index in [-0.39, 0.29) is 25.8 Å². The van der Waals surface area contributed by atoms with Crippen molar-refractivity contribution in [3.63, 3.8) is 0 Å². The molecule has 33 heavy (non-hydrogen) atoms. The van der Waals surface area contributed by atoms with E-state index in [2.05, 4.69) is 5.32 Å². The summed E-state index contributed by atoms with van der Waals surface area (Å²) in [5.41, 5.74) is -1.39. The maximum atomic E-state index is 14.4. The fraction of sp³-hybridized carbons (Fsp3) is 0.636. The van der Waals surface area contributed by atoms with Crippen LogP contribution >= 0.6 is 0 Å². The van der Waals surface area contributed by atoms with Crippen LogP contribution in [0.5, 0.6) is 0 Å². The molecule has 186 valence electrons. The number of rotatable bonds is 6. The van der Waals surface area contributed by atoms with Gasteiger partial charge in [0, 0.05) is 30.0 Å². The van der Waals surface area contributed by atoms with Crippen LogP contribution in [-0.2, 0) is 9.53 Å². The molecule has 11 heteroatoms. The zero-order chi connectivity index (χ0) is 25.1. The molecule has 1 unspecified atom stereocenters. The lowest BCUT2D eigenvalue weighted by Crippen LogP contribution is -2.53. The second kappa shape index (κ2) is 10.2. The van der Waals surface area contributed by atoms with E-state index in [1.165, 1.54) is 6.92 Å². The summed E-state index contributed by atoms with van der Waals surface area (Å²) >= 11 is 0. The lowest BCUT2D eigenvalue weighted by Gasteiger charge is -2.43. The summed E-state index contributed by atoms with van der Waals surface area (Å²) < 4.78 is 87.1. The van der Waals surface area contributed by atoms with Crippen molar-refractivity contribution in [2.75, 3.05) is 13.1 Å². The minimum atomic E-state index is -4.73. The van der Waals surface area contributed by atoms with E-state index in [0.717, 1.165) is 0 Å². The zero-order valence-corrected chi connectivity index (χ0v) is 18.9. The van der Waals surface area contributed by atoms with Crippen molar-refractivity contribution in [2.45, 2.75) is 70.7 Å². The molecule has 1 aliphatic heterocycles. The van der Waals surface area contributed by atoms with Crippen LogP contribution in [0.25, 0.3) is 0 Å². The highest BCUT2D eigenvalue weighted by Gasteiger charge is 2.46. The molecule has 0 saturated carbocycles. The second-order valence-corrected chi connectivity index (χ2v) is 9.19. The summed E-state index contributed by atoms with van der Waals surface area (Å²) in [5, 5.41) is 2.48. The smallest absolute Gasteiger partial charge is 0.407 e. The highest BCUT2D eigenvalue weighted by Crippen LogP contribution is 2.41. The predicted octanol–water partition coefficient (Wildman–Crippen LogP) is 5.29. The number of nitrogens with one attached hydrogen (secondary N) is 1. The van der Waals surface area contributed by atoms with Gasteiger partial charge in [-0.15, -0.1) is 0 Å². The molecule has 0 aromatic heterocycles. The first-order valence-electron chi connectivity index (χ1n) is 10.6. The van der Waals surface area contributed by atoms with Gasteiger partial charge in [0.25, 0.3) is 0 Å². The molecule has 5 nitrogen and oxygen atoms in total. The number of hydrogen-bond acceptors (Lipinski definition) is 3. The highest BCUT2D eigenvalue weighted by atomic mass is 19.4. The maximum Gasteiger partial charge on any atom is 0.407 e. The number of benzene rings is 1. The molecule has 0 spiro atoms. The lowest BCUT2D eigenvalue weighted by atomic mass is 9.77. The Labute approximate surface area is 188 Å². The average molecular weight is 482 g/mol.